The minimum Gasteiger partial charge on any atom is -0.493 e. The Balaban J connectivity index is 1.75. The van der Waals surface area contributed by atoms with Crippen molar-refractivity contribution in [3.05, 3.63) is 77.3 Å². The van der Waals surface area contributed by atoms with Gasteiger partial charge in [0.05, 0.1) is 11.5 Å². The maximum atomic E-state index is 12.7. The molecule has 0 aliphatic rings. The molecule has 0 spiro atoms. The van der Waals surface area contributed by atoms with Crippen LogP contribution in [0.15, 0.2) is 65.1 Å². The van der Waals surface area contributed by atoms with Gasteiger partial charge < -0.3 is 10.1 Å². The molecule has 3 rings (SSSR count). The van der Waals surface area contributed by atoms with Gasteiger partial charge in [-0.3, -0.25) is 9.52 Å². The van der Waals surface area contributed by atoms with Crippen molar-refractivity contribution in [2.45, 2.75) is 32.1 Å². The molecule has 3 aromatic rings. The Labute approximate surface area is 204 Å². The minimum atomic E-state index is -3.90. The fraction of sp³-hybridized carbons (Fsp3) is 0.200. The van der Waals surface area contributed by atoms with E-state index >= 15 is 0 Å². The number of nitrogens with zero attached hydrogens (tertiary/aromatic N) is 3. The first-order valence-electron chi connectivity index (χ1n) is 10.8. The number of hydrogen-bond acceptors (Lipinski definition) is 7. The van der Waals surface area contributed by atoms with Gasteiger partial charge >= 0.3 is 0 Å². The van der Waals surface area contributed by atoms with Crippen molar-refractivity contribution in [3.8, 4) is 11.8 Å². The Morgan fingerprint density at radius 1 is 1.11 bits per heavy atom. The van der Waals surface area contributed by atoms with Crippen LogP contribution in [-0.2, 0) is 14.8 Å². The second-order valence-corrected chi connectivity index (χ2v) is 9.26. The zero-order valence-electron chi connectivity index (χ0n) is 19.6. The van der Waals surface area contributed by atoms with Gasteiger partial charge in [0.1, 0.15) is 29.0 Å². The number of carbonyl (C=O) groups excluding carboxylic acids is 1. The summed E-state index contributed by atoms with van der Waals surface area (Å²) >= 11 is 0. The van der Waals surface area contributed by atoms with Gasteiger partial charge in [-0.15, -0.1) is 0 Å². The quantitative estimate of drug-likeness (QED) is 0.338. The maximum Gasteiger partial charge on any atom is 0.266 e. The van der Waals surface area contributed by atoms with Crippen LogP contribution in [0.5, 0.6) is 5.75 Å². The number of para-hydroxylation sites is 1. The molecule has 0 saturated heterocycles. The van der Waals surface area contributed by atoms with Crippen molar-refractivity contribution in [2.24, 2.45) is 0 Å². The zero-order valence-corrected chi connectivity index (χ0v) is 20.4. The lowest BCUT2D eigenvalue weighted by Crippen LogP contribution is -2.16. The van der Waals surface area contributed by atoms with E-state index in [-0.39, 0.29) is 16.3 Å². The van der Waals surface area contributed by atoms with Crippen molar-refractivity contribution >= 4 is 33.5 Å². The summed E-state index contributed by atoms with van der Waals surface area (Å²) in [6.07, 6.45) is 2.28. The highest BCUT2D eigenvalue weighted by molar-refractivity contribution is 7.92. The van der Waals surface area contributed by atoms with Gasteiger partial charge in [0.15, 0.2) is 0 Å². The molecule has 0 fully saturated rings. The normalized spacial score (nSPS) is 11.4. The largest absolute Gasteiger partial charge is 0.493 e. The molecule has 1 heterocycles. The number of carbonyl (C=O) groups is 1. The average molecular weight is 492 g/mol. The van der Waals surface area contributed by atoms with Crippen LogP contribution in [0.25, 0.3) is 6.08 Å². The zero-order chi connectivity index (χ0) is 25.4. The number of nitrogens with one attached hydrogen (secondary N) is 2. The average Bonchev–Trinajstić information content (AvgIpc) is 2.81. The third-order valence-corrected chi connectivity index (χ3v) is 6.04. The van der Waals surface area contributed by atoms with Crippen LogP contribution in [-0.4, -0.2) is 30.9 Å². The van der Waals surface area contributed by atoms with Gasteiger partial charge in [0, 0.05) is 23.0 Å². The Morgan fingerprint density at radius 3 is 2.49 bits per heavy atom. The summed E-state index contributed by atoms with van der Waals surface area (Å²) in [6, 6.07) is 16.1. The van der Waals surface area contributed by atoms with Crippen molar-refractivity contribution in [1.82, 2.24) is 9.97 Å². The molecule has 1 amide bonds. The van der Waals surface area contributed by atoms with Gasteiger partial charge in [-0.2, -0.15) is 5.26 Å². The summed E-state index contributed by atoms with van der Waals surface area (Å²) in [5.41, 5.74) is 1.45. The van der Waals surface area contributed by atoms with E-state index in [0.29, 0.717) is 35.1 Å². The monoisotopic (exact) mass is 491 g/mol. The summed E-state index contributed by atoms with van der Waals surface area (Å²) in [5, 5.41) is 12.1. The SMILES string of the molecule is CCCOc1ccccc1/C=C(\C#N)C(=O)Nc1ccc(S(=O)(=O)Nc2cc(C)nc(C)n2)cc1. The summed E-state index contributed by atoms with van der Waals surface area (Å²) in [6.45, 7) is 5.91. The first-order valence-corrected chi connectivity index (χ1v) is 12.3. The van der Waals surface area contributed by atoms with Crippen molar-refractivity contribution in [1.29, 1.82) is 5.26 Å². The Bertz CT molecular complexity index is 1370. The lowest BCUT2D eigenvalue weighted by Gasteiger charge is -2.10. The van der Waals surface area contributed by atoms with Gasteiger partial charge in [-0.1, -0.05) is 25.1 Å². The van der Waals surface area contributed by atoms with Gasteiger partial charge in [0.25, 0.3) is 15.9 Å². The Kier molecular flexibility index (Phi) is 8.17. The van der Waals surface area contributed by atoms with Crippen LogP contribution < -0.4 is 14.8 Å². The lowest BCUT2D eigenvalue weighted by atomic mass is 10.1. The topological polar surface area (TPSA) is 134 Å². The number of aryl methyl sites for hydroxylation is 2. The molecular formula is C25H25N5O4S. The molecule has 0 aliphatic heterocycles. The number of amides is 1. The lowest BCUT2D eigenvalue weighted by molar-refractivity contribution is -0.112. The first kappa shape index (κ1) is 25.4. The highest BCUT2D eigenvalue weighted by Gasteiger charge is 2.17. The first-order chi connectivity index (χ1) is 16.7. The molecule has 180 valence electrons. The number of anilines is 2. The van der Waals surface area contributed by atoms with E-state index in [2.05, 4.69) is 20.0 Å². The van der Waals surface area contributed by atoms with E-state index in [1.807, 2.05) is 19.1 Å². The fourth-order valence-electron chi connectivity index (χ4n) is 3.13. The molecule has 2 N–H and O–H groups in total. The van der Waals surface area contributed by atoms with Gasteiger partial charge in [-0.25, -0.2) is 18.4 Å². The fourth-order valence-corrected chi connectivity index (χ4v) is 4.12. The third kappa shape index (κ3) is 6.88. The summed E-state index contributed by atoms with van der Waals surface area (Å²) in [4.78, 5) is 20.9. The van der Waals surface area contributed by atoms with E-state index in [1.54, 1.807) is 32.0 Å². The van der Waals surface area contributed by atoms with E-state index in [4.69, 9.17) is 4.74 Å². The summed E-state index contributed by atoms with van der Waals surface area (Å²) < 4.78 is 33.5. The number of nitriles is 1. The van der Waals surface area contributed by atoms with Gasteiger partial charge in [-0.05, 0) is 56.7 Å². The second kappa shape index (κ2) is 11.3. The third-order valence-electron chi connectivity index (χ3n) is 4.67. The van der Waals surface area contributed by atoms with Crippen molar-refractivity contribution in [2.75, 3.05) is 16.6 Å². The maximum absolute atomic E-state index is 12.7. The number of sulfonamides is 1. The molecule has 35 heavy (non-hydrogen) atoms. The van der Waals surface area contributed by atoms with Crippen LogP contribution in [0.4, 0.5) is 11.5 Å². The number of benzene rings is 2. The number of rotatable bonds is 9. The van der Waals surface area contributed by atoms with Crippen LogP contribution in [0.1, 0.15) is 30.4 Å². The van der Waals surface area contributed by atoms with Gasteiger partial charge in [0.2, 0.25) is 0 Å². The molecule has 0 unspecified atom stereocenters. The second-order valence-electron chi connectivity index (χ2n) is 7.58. The van der Waals surface area contributed by atoms with E-state index in [9.17, 15) is 18.5 Å². The Hall–Kier alpha value is -4.23. The molecular weight excluding hydrogens is 466 g/mol. The van der Waals surface area contributed by atoms with E-state index < -0.39 is 15.9 Å². The predicted octanol–water partition coefficient (Wildman–Crippen LogP) is 4.23. The van der Waals surface area contributed by atoms with Crippen LogP contribution >= 0.6 is 0 Å². The molecule has 0 radical (unpaired) electrons. The summed E-state index contributed by atoms with van der Waals surface area (Å²) in [7, 11) is -3.90. The number of aromatic nitrogens is 2. The number of ether oxygens (including phenoxy) is 1. The van der Waals surface area contributed by atoms with Crippen LogP contribution in [0, 0.1) is 25.2 Å². The van der Waals surface area contributed by atoms with Crippen LogP contribution in [0.3, 0.4) is 0 Å². The molecule has 0 aliphatic carbocycles. The smallest absolute Gasteiger partial charge is 0.266 e. The molecule has 0 bridgehead atoms. The van der Waals surface area contributed by atoms with E-state index in [0.717, 1.165) is 6.42 Å². The Morgan fingerprint density at radius 2 is 1.83 bits per heavy atom. The molecule has 10 heteroatoms. The van der Waals surface area contributed by atoms with E-state index in [1.165, 1.54) is 36.4 Å². The minimum absolute atomic E-state index is 0.0116. The number of hydrogen-bond donors (Lipinski definition) is 2. The molecule has 0 atom stereocenters. The van der Waals surface area contributed by atoms with Crippen molar-refractivity contribution < 1.29 is 17.9 Å². The van der Waals surface area contributed by atoms with Crippen molar-refractivity contribution in [3.63, 3.8) is 0 Å². The standard InChI is InChI=1S/C25H25N5O4S/c1-4-13-34-23-8-6-5-7-19(23)15-20(16-26)25(31)29-21-9-11-22(12-10-21)35(32,33)30-24-14-17(2)27-18(3)28-24/h5-12,14-15H,4,13H2,1-3H3,(H,29,31)(H,27,28,30)/b20-15+. The van der Waals surface area contributed by atoms with Crippen LogP contribution in [0.2, 0.25) is 0 Å². The summed E-state index contributed by atoms with van der Waals surface area (Å²) in [5.74, 6) is 0.561. The molecule has 9 nitrogen and oxygen atoms in total. The highest BCUT2D eigenvalue weighted by atomic mass is 32.2. The highest BCUT2D eigenvalue weighted by Crippen LogP contribution is 2.22. The molecule has 1 aromatic heterocycles. The predicted molar refractivity (Wildman–Crippen MR) is 133 cm³/mol. The molecule has 2 aromatic carbocycles. The molecule has 0 saturated carbocycles.